The van der Waals surface area contributed by atoms with Crippen LogP contribution in [-0.2, 0) is 0 Å². The van der Waals surface area contributed by atoms with Crippen LogP contribution in [0.1, 0.15) is 19.3 Å². The molecule has 0 saturated carbocycles. The highest BCUT2D eigenvalue weighted by atomic mass is 35.5. The molecule has 2 aliphatic rings. The highest BCUT2D eigenvalue weighted by molar-refractivity contribution is 5.00. The first kappa shape index (κ1) is 8.09. The molecule has 2 heterocycles. The molecule has 1 N–H and O–H groups in total. The van der Waals surface area contributed by atoms with Gasteiger partial charge >= 0.3 is 0 Å². The minimum Gasteiger partial charge on any atom is -1.00 e. The van der Waals surface area contributed by atoms with Gasteiger partial charge in [-0.1, -0.05) is 6.58 Å². The van der Waals surface area contributed by atoms with Crippen molar-refractivity contribution in [2.24, 2.45) is 0 Å². The maximum absolute atomic E-state index is 4.02. The molecule has 0 aliphatic carbocycles. The van der Waals surface area contributed by atoms with Crippen LogP contribution in [0.2, 0.25) is 0 Å². The van der Waals surface area contributed by atoms with Crippen LogP contribution in [0.3, 0.4) is 0 Å². The number of halogens is 1. The lowest BCUT2D eigenvalue weighted by molar-refractivity contribution is -0.896. The van der Waals surface area contributed by atoms with E-state index in [1.54, 1.807) is 4.90 Å². The maximum Gasteiger partial charge on any atom is 0.0989 e. The van der Waals surface area contributed by atoms with Crippen LogP contribution >= 0.6 is 0 Å². The summed E-state index contributed by atoms with van der Waals surface area (Å²) in [5.74, 6) is 0. The van der Waals surface area contributed by atoms with Gasteiger partial charge in [-0.15, -0.1) is 0 Å². The van der Waals surface area contributed by atoms with Crippen LogP contribution in [0.15, 0.2) is 12.2 Å². The van der Waals surface area contributed by atoms with E-state index in [1.807, 2.05) is 0 Å². The largest absolute Gasteiger partial charge is 1.00 e. The van der Waals surface area contributed by atoms with Gasteiger partial charge < -0.3 is 17.3 Å². The predicted octanol–water partition coefficient (Wildman–Crippen LogP) is -3.00. The van der Waals surface area contributed by atoms with E-state index in [4.69, 9.17) is 0 Å². The Balaban J connectivity index is 0.000000500. The Kier molecular flexibility index (Phi) is 2.37. The van der Waals surface area contributed by atoms with Crippen molar-refractivity contribution < 1.29 is 17.3 Å². The van der Waals surface area contributed by atoms with Gasteiger partial charge in [0, 0.05) is 19.3 Å². The van der Waals surface area contributed by atoms with Crippen molar-refractivity contribution in [2.75, 3.05) is 13.1 Å². The number of nitrogens with one attached hydrogen (secondary N) is 1. The highest BCUT2D eigenvalue weighted by Crippen LogP contribution is 2.14. The predicted molar refractivity (Wildman–Crippen MR) is 37.5 cm³/mol. The first-order valence-corrected chi connectivity index (χ1v) is 3.87. The van der Waals surface area contributed by atoms with Crippen molar-refractivity contribution in [3.63, 3.8) is 0 Å². The molecule has 0 aromatic rings. The number of rotatable bonds is 0. The Hall–Kier alpha value is -0.0100. The fraction of sp³-hybridized carbons (Fsp3) is 0.750. The first-order chi connectivity index (χ1) is 4.36. The third-order valence-electron chi connectivity index (χ3n) is 2.64. The number of hydrogen-bond donors (Lipinski definition) is 1. The van der Waals surface area contributed by atoms with Crippen molar-refractivity contribution in [3.05, 3.63) is 12.2 Å². The second-order valence-corrected chi connectivity index (χ2v) is 3.38. The summed E-state index contributed by atoms with van der Waals surface area (Å²) in [6.07, 6.45) is 4.22. The molecule has 58 valence electrons. The van der Waals surface area contributed by atoms with E-state index in [9.17, 15) is 0 Å². The minimum absolute atomic E-state index is 0. The second-order valence-electron chi connectivity index (χ2n) is 3.38. The molecular formula is C8H14ClN. The molecule has 2 atom stereocenters. The van der Waals surface area contributed by atoms with Crippen molar-refractivity contribution in [1.82, 2.24) is 0 Å². The molecule has 2 rings (SSSR count). The zero-order valence-corrected chi connectivity index (χ0v) is 6.95. The molecule has 1 nitrogen and oxygen atoms in total. The first-order valence-electron chi connectivity index (χ1n) is 3.87. The third-order valence-corrected chi connectivity index (χ3v) is 2.64. The standard InChI is InChI=1S/C8H13N.ClH/c1-7-5-8-3-2-4-9(8)6-7;/h8H,1-6H2;1H. The summed E-state index contributed by atoms with van der Waals surface area (Å²) in [6, 6.07) is 0.970. The summed E-state index contributed by atoms with van der Waals surface area (Å²) >= 11 is 0. The third kappa shape index (κ3) is 1.21. The zero-order valence-electron chi connectivity index (χ0n) is 6.20. The fourth-order valence-electron chi connectivity index (χ4n) is 2.20. The average molecular weight is 160 g/mol. The quantitative estimate of drug-likeness (QED) is 0.360. The summed E-state index contributed by atoms with van der Waals surface area (Å²) in [4.78, 5) is 1.81. The van der Waals surface area contributed by atoms with Crippen molar-refractivity contribution in [1.29, 1.82) is 0 Å². The van der Waals surface area contributed by atoms with Gasteiger partial charge in [0.15, 0.2) is 0 Å². The Morgan fingerprint density at radius 2 is 2.30 bits per heavy atom. The monoisotopic (exact) mass is 159 g/mol. The lowest BCUT2D eigenvalue weighted by Crippen LogP contribution is -3.11. The van der Waals surface area contributed by atoms with Crippen molar-refractivity contribution in [2.45, 2.75) is 25.3 Å². The van der Waals surface area contributed by atoms with Crippen LogP contribution in [0.4, 0.5) is 0 Å². The molecule has 0 amide bonds. The average Bonchev–Trinajstić information content (AvgIpc) is 2.22. The summed E-state index contributed by atoms with van der Waals surface area (Å²) in [5, 5.41) is 0. The van der Waals surface area contributed by atoms with E-state index >= 15 is 0 Å². The van der Waals surface area contributed by atoms with Gasteiger partial charge in [-0.3, -0.25) is 0 Å². The molecule has 0 aromatic carbocycles. The Labute approximate surface area is 68.5 Å². The smallest absolute Gasteiger partial charge is 0.0989 e. The summed E-state index contributed by atoms with van der Waals surface area (Å²) in [5.41, 5.74) is 1.48. The molecule has 2 unspecified atom stereocenters. The van der Waals surface area contributed by atoms with E-state index in [0.29, 0.717) is 0 Å². The molecule has 0 bridgehead atoms. The Bertz CT molecular complexity index is 130. The molecule has 10 heavy (non-hydrogen) atoms. The van der Waals surface area contributed by atoms with Gasteiger partial charge in [0.1, 0.15) is 0 Å². The lowest BCUT2D eigenvalue weighted by atomic mass is 10.1. The number of hydrogen-bond acceptors (Lipinski definition) is 0. The van der Waals surface area contributed by atoms with E-state index in [0.717, 1.165) is 6.04 Å². The minimum atomic E-state index is 0. The van der Waals surface area contributed by atoms with Gasteiger partial charge in [0.25, 0.3) is 0 Å². The topological polar surface area (TPSA) is 4.44 Å². The summed E-state index contributed by atoms with van der Waals surface area (Å²) in [7, 11) is 0. The van der Waals surface area contributed by atoms with E-state index in [1.165, 1.54) is 37.9 Å². The lowest BCUT2D eigenvalue weighted by Gasteiger charge is -2.08. The zero-order chi connectivity index (χ0) is 6.27. The highest BCUT2D eigenvalue weighted by Gasteiger charge is 2.34. The van der Waals surface area contributed by atoms with Crippen LogP contribution < -0.4 is 17.3 Å². The van der Waals surface area contributed by atoms with Crippen LogP contribution in [0.25, 0.3) is 0 Å². The number of quaternary nitrogens is 1. The van der Waals surface area contributed by atoms with Crippen molar-refractivity contribution >= 4 is 0 Å². The van der Waals surface area contributed by atoms with E-state index in [2.05, 4.69) is 6.58 Å². The molecule has 0 spiro atoms. The SMILES string of the molecule is C=C1CC2CCC[NH+]2C1.[Cl-]. The van der Waals surface area contributed by atoms with Gasteiger partial charge in [-0.05, 0) is 5.57 Å². The van der Waals surface area contributed by atoms with Crippen LogP contribution in [-0.4, -0.2) is 19.1 Å². The molecule has 2 heteroatoms. The second kappa shape index (κ2) is 2.93. The Morgan fingerprint density at radius 1 is 1.50 bits per heavy atom. The van der Waals surface area contributed by atoms with Crippen LogP contribution in [0.5, 0.6) is 0 Å². The molecule has 0 radical (unpaired) electrons. The normalized spacial score (nSPS) is 37.4. The van der Waals surface area contributed by atoms with Crippen molar-refractivity contribution in [3.8, 4) is 0 Å². The van der Waals surface area contributed by atoms with E-state index in [-0.39, 0.29) is 12.4 Å². The Morgan fingerprint density at radius 3 is 3.00 bits per heavy atom. The fourth-order valence-corrected chi connectivity index (χ4v) is 2.20. The summed E-state index contributed by atoms with van der Waals surface area (Å²) in [6.45, 7) is 6.69. The number of fused-ring (bicyclic) bond motifs is 1. The molecule has 2 aliphatic heterocycles. The molecule has 2 fully saturated rings. The summed E-state index contributed by atoms with van der Waals surface area (Å²) < 4.78 is 0. The molecular weight excluding hydrogens is 146 g/mol. The van der Waals surface area contributed by atoms with Gasteiger partial charge in [0.05, 0.1) is 19.1 Å². The van der Waals surface area contributed by atoms with E-state index < -0.39 is 0 Å². The van der Waals surface area contributed by atoms with Crippen LogP contribution in [0, 0.1) is 0 Å². The maximum atomic E-state index is 4.02. The molecule has 0 aromatic heterocycles. The van der Waals surface area contributed by atoms with Gasteiger partial charge in [-0.2, -0.15) is 0 Å². The van der Waals surface area contributed by atoms with Gasteiger partial charge in [-0.25, -0.2) is 0 Å². The van der Waals surface area contributed by atoms with Gasteiger partial charge in [0.2, 0.25) is 0 Å². The molecule has 2 saturated heterocycles.